The highest BCUT2D eigenvalue weighted by Crippen LogP contribution is 2.18. The first-order valence-electron chi connectivity index (χ1n) is 7.35. The van der Waals surface area contributed by atoms with E-state index in [0.29, 0.717) is 22.8 Å². The molecule has 0 saturated carbocycles. The third-order valence-electron chi connectivity index (χ3n) is 3.38. The lowest BCUT2D eigenvalue weighted by molar-refractivity contribution is -0.140. The Bertz CT molecular complexity index is 782. The van der Waals surface area contributed by atoms with Gasteiger partial charge in [-0.25, -0.2) is 18.3 Å². The fourth-order valence-corrected chi connectivity index (χ4v) is 2.42. The van der Waals surface area contributed by atoms with Crippen LogP contribution in [0.2, 0.25) is 5.02 Å². The van der Waals surface area contributed by atoms with Gasteiger partial charge >= 0.3 is 5.97 Å². The van der Waals surface area contributed by atoms with Crippen LogP contribution in [0.5, 0.6) is 0 Å². The van der Waals surface area contributed by atoms with Gasteiger partial charge in [0.05, 0.1) is 11.4 Å². The van der Waals surface area contributed by atoms with Crippen LogP contribution in [0.15, 0.2) is 24.3 Å². The average Bonchev–Trinajstić information content (AvgIpc) is 2.97. The summed E-state index contributed by atoms with van der Waals surface area (Å²) in [4.78, 5) is 23.3. The number of aromatic nitrogens is 3. The van der Waals surface area contributed by atoms with Gasteiger partial charge in [0.1, 0.15) is 6.04 Å². The zero-order valence-corrected chi connectivity index (χ0v) is 13.9. The van der Waals surface area contributed by atoms with Crippen LogP contribution in [-0.2, 0) is 11.2 Å². The fraction of sp³-hybridized carbons (Fsp3) is 0.333. The summed E-state index contributed by atoms with van der Waals surface area (Å²) in [6, 6.07) is 4.98. The third kappa shape index (κ3) is 4.50. The molecule has 2 rings (SSSR count). The summed E-state index contributed by atoms with van der Waals surface area (Å²) < 4.78 is 26.3. The maximum absolute atomic E-state index is 12.4. The molecule has 0 saturated heterocycles. The molecule has 1 aromatic carbocycles. The highest BCUT2D eigenvalue weighted by atomic mass is 35.5. The molecule has 0 aliphatic rings. The van der Waals surface area contributed by atoms with E-state index in [1.54, 1.807) is 31.2 Å². The topological polar surface area (TPSA) is 97.1 Å². The largest absolute Gasteiger partial charge is 0.480 e. The molecule has 0 aliphatic heterocycles. The average molecular weight is 373 g/mol. The van der Waals surface area contributed by atoms with Crippen LogP contribution >= 0.6 is 11.6 Å². The molecule has 0 fully saturated rings. The number of rotatable bonds is 7. The standard InChI is InChI=1S/C15H15ClF2N4O3/c1-2-11-13(14(23)19-10(15(24)25)7-12(17)18)20-21-22(11)9-5-3-4-8(16)6-9/h3-6,10,12H,2,7H2,1H3,(H,19,23)(H,24,25). The second-order valence-corrected chi connectivity index (χ2v) is 5.56. The van der Waals surface area contributed by atoms with Gasteiger partial charge in [-0.2, -0.15) is 0 Å². The van der Waals surface area contributed by atoms with E-state index in [1.165, 1.54) is 4.68 Å². The number of carbonyl (C=O) groups excluding carboxylic acids is 1. The Balaban J connectivity index is 2.30. The van der Waals surface area contributed by atoms with Crippen molar-refractivity contribution < 1.29 is 23.5 Å². The van der Waals surface area contributed by atoms with Crippen molar-refractivity contribution in [3.8, 4) is 5.69 Å². The zero-order chi connectivity index (χ0) is 18.6. The minimum atomic E-state index is -2.87. The van der Waals surface area contributed by atoms with E-state index < -0.39 is 30.8 Å². The summed E-state index contributed by atoms with van der Waals surface area (Å²) in [5, 5.41) is 19.1. The van der Waals surface area contributed by atoms with E-state index in [9.17, 15) is 18.4 Å². The van der Waals surface area contributed by atoms with Gasteiger partial charge in [0.25, 0.3) is 5.91 Å². The summed E-state index contributed by atoms with van der Waals surface area (Å²) in [7, 11) is 0. The van der Waals surface area contributed by atoms with Gasteiger partial charge in [-0.3, -0.25) is 4.79 Å². The van der Waals surface area contributed by atoms with Crippen LogP contribution in [0.4, 0.5) is 8.78 Å². The summed E-state index contributed by atoms with van der Waals surface area (Å²) in [6.07, 6.45) is -3.51. The first kappa shape index (κ1) is 18.8. The van der Waals surface area contributed by atoms with Crippen LogP contribution in [0.25, 0.3) is 5.69 Å². The van der Waals surface area contributed by atoms with Crippen molar-refractivity contribution >= 4 is 23.5 Å². The molecule has 0 bridgehead atoms. The van der Waals surface area contributed by atoms with Crippen LogP contribution in [0.1, 0.15) is 29.5 Å². The molecule has 0 spiro atoms. The van der Waals surface area contributed by atoms with Gasteiger partial charge in [0.2, 0.25) is 6.43 Å². The Morgan fingerprint density at radius 1 is 1.40 bits per heavy atom. The molecule has 1 amide bonds. The van der Waals surface area contributed by atoms with Gasteiger partial charge in [0.15, 0.2) is 5.69 Å². The predicted molar refractivity (Wildman–Crippen MR) is 85.3 cm³/mol. The number of nitrogens with zero attached hydrogens (tertiary/aromatic N) is 3. The lowest BCUT2D eigenvalue weighted by Gasteiger charge is -2.13. The van der Waals surface area contributed by atoms with Crippen molar-refractivity contribution in [1.82, 2.24) is 20.3 Å². The zero-order valence-electron chi connectivity index (χ0n) is 13.1. The molecule has 10 heteroatoms. The van der Waals surface area contributed by atoms with E-state index in [2.05, 4.69) is 15.6 Å². The second-order valence-electron chi connectivity index (χ2n) is 5.12. The number of hydrogen-bond donors (Lipinski definition) is 2. The predicted octanol–water partition coefficient (Wildman–Crippen LogP) is 2.32. The number of halogens is 3. The number of amides is 1. The number of benzene rings is 1. The number of alkyl halides is 2. The Labute approximate surface area is 146 Å². The molecule has 0 radical (unpaired) electrons. The highest BCUT2D eigenvalue weighted by Gasteiger charge is 2.27. The molecule has 1 unspecified atom stereocenters. The summed E-state index contributed by atoms with van der Waals surface area (Å²) in [6.45, 7) is 1.75. The van der Waals surface area contributed by atoms with E-state index >= 15 is 0 Å². The Kier molecular flexibility index (Phi) is 6.02. The van der Waals surface area contributed by atoms with Crippen molar-refractivity contribution in [2.45, 2.75) is 32.2 Å². The van der Waals surface area contributed by atoms with Gasteiger partial charge in [-0.1, -0.05) is 29.8 Å². The number of aliphatic carboxylic acids is 1. The number of hydrogen-bond acceptors (Lipinski definition) is 4. The van der Waals surface area contributed by atoms with Gasteiger partial charge < -0.3 is 10.4 Å². The van der Waals surface area contributed by atoms with Crippen molar-refractivity contribution in [1.29, 1.82) is 0 Å². The second kappa shape index (κ2) is 8.02. The lowest BCUT2D eigenvalue weighted by atomic mass is 10.2. The molecule has 1 heterocycles. The molecule has 134 valence electrons. The molecular formula is C15H15ClF2N4O3. The van der Waals surface area contributed by atoms with Gasteiger partial charge in [-0.15, -0.1) is 5.10 Å². The van der Waals surface area contributed by atoms with Gasteiger partial charge in [0, 0.05) is 11.4 Å². The minimum Gasteiger partial charge on any atom is -0.480 e. The first-order chi connectivity index (χ1) is 11.8. The normalized spacial score (nSPS) is 12.2. The Hall–Kier alpha value is -2.55. The minimum absolute atomic E-state index is 0.122. The first-order valence-corrected chi connectivity index (χ1v) is 7.73. The molecule has 2 N–H and O–H groups in total. The van der Waals surface area contributed by atoms with Crippen molar-refractivity contribution in [3.63, 3.8) is 0 Å². The number of carboxylic acid groups (broad SMARTS) is 1. The molecule has 0 aliphatic carbocycles. The lowest BCUT2D eigenvalue weighted by Crippen LogP contribution is -2.42. The quantitative estimate of drug-likeness (QED) is 0.777. The molecule has 25 heavy (non-hydrogen) atoms. The van der Waals surface area contributed by atoms with Crippen LogP contribution < -0.4 is 5.32 Å². The number of carboxylic acids is 1. The maximum atomic E-state index is 12.4. The van der Waals surface area contributed by atoms with E-state index in [0.717, 1.165) is 0 Å². The van der Waals surface area contributed by atoms with E-state index in [4.69, 9.17) is 16.7 Å². The monoisotopic (exact) mass is 372 g/mol. The SMILES string of the molecule is CCc1c(C(=O)NC(CC(F)F)C(=O)O)nnn1-c1cccc(Cl)c1. The van der Waals surface area contributed by atoms with Crippen molar-refractivity contribution in [3.05, 3.63) is 40.7 Å². The van der Waals surface area contributed by atoms with Crippen molar-refractivity contribution in [2.75, 3.05) is 0 Å². The summed E-state index contributed by atoms with van der Waals surface area (Å²) >= 11 is 5.93. The molecule has 7 nitrogen and oxygen atoms in total. The van der Waals surface area contributed by atoms with Gasteiger partial charge in [-0.05, 0) is 24.6 Å². The van der Waals surface area contributed by atoms with Crippen LogP contribution in [0.3, 0.4) is 0 Å². The Morgan fingerprint density at radius 2 is 2.12 bits per heavy atom. The summed E-state index contributed by atoms with van der Waals surface area (Å²) in [5.74, 6) is -2.42. The highest BCUT2D eigenvalue weighted by molar-refractivity contribution is 6.30. The van der Waals surface area contributed by atoms with Crippen LogP contribution in [-0.4, -0.2) is 44.4 Å². The molecule has 1 aromatic heterocycles. The maximum Gasteiger partial charge on any atom is 0.326 e. The molecule has 2 aromatic rings. The number of carbonyl (C=O) groups is 2. The van der Waals surface area contributed by atoms with E-state index in [1.807, 2.05) is 0 Å². The third-order valence-corrected chi connectivity index (χ3v) is 3.62. The fourth-order valence-electron chi connectivity index (χ4n) is 2.24. The molecular weight excluding hydrogens is 358 g/mol. The van der Waals surface area contributed by atoms with Crippen molar-refractivity contribution in [2.24, 2.45) is 0 Å². The summed E-state index contributed by atoms with van der Waals surface area (Å²) in [5.41, 5.74) is 0.849. The van der Waals surface area contributed by atoms with E-state index in [-0.39, 0.29) is 5.69 Å². The smallest absolute Gasteiger partial charge is 0.326 e. The number of nitrogens with one attached hydrogen (secondary N) is 1. The van der Waals surface area contributed by atoms with Crippen LogP contribution in [0, 0.1) is 0 Å². The Morgan fingerprint density at radius 3 is 2.68 bits per heavy atom. The molecule has 1 atom stereocenters.